The summed E-state index contributed by atoms with van der Waals surface area (Å²) in [6, 6.07) is 3.67. The first-order valence-corrected chi connectivity index (χ1v) is 3.28. The van der Waals surface area contributed by atoms with Crippen LogP contribution in [-0.2, 0) is 14.3 Å². The van der Waals surface area contributed by atoms with Gasteiger partial charge in [-0.1, -0.05) is 0 Å². The van der Waals surface area contributed by atoms with Crippen LogP contribution in [-0.4, -0.2) is 24.7 Å². The van der Waals surface area contributed by atoms with Crippen molar-refractivity contribution in [2.24, 2.45) is 0 Å². The van der Waals surface area contributed by atoms with E-state index in [1.165, 1.54) is 7.11 Å². The Bertz CT molecular complexity index is 171. The fourth-order valence-electron chi connectivity index (χ4n) is 0.227. The van der Waals surface area contributed by atoms with E-state index >= 15 is 0 Å². The standard InChI is InChI=1S/C4H4O.2C2H4O2/c1-2-4-5-3-1;1-4-2-3;1-2(3)4/h1-4H;2H,1H3;1H3,(H,3,4). The fourth-order valence-corrected chi connectivity index (χ4v) is 0.227. The smallest absolute Gasteiger partial charge is 0.300 e. The molecule has 0 bridgehead atoms. The minimum atomic E-state index is -0.833. The number of ether oxygens (including phenoxy) is 1. The number of rotatable bonds is 1. The van der Waals surface area contributed by atoms with Crippen LogP contribution in [0.4, 0.5) is 0 Å². The number of carbonyl (C=O) groups excluding carboxylic acids is 1. The fraction of sp³-hybridized carbons (Fsp3) is 0.250. The predicted octanol–water partition coefficient (Wildman–Crippen LogP) is 1.16. The van der Waals surface area contributed by atoms with Gasteiger partial charge in [0.15, 0.2) is 0 Å². The zero-order valence-electron chi connectivity index (χ0n) is 7.47. The number of hydrogen-bond acceptors (Lipinski definition) is 4. The van der Waals surface area contributed by atoms with Crippen molar-refractivity contribution in [1.29, 1.82) is 0 Å². The zero-order chi connectivity index (χ0) is 10.5. The highest BCUT2D eigenvalue weighted by atomic mass is 16.5. The molecule has 0 saturated heterocycles. The van der Waals surface area contributed by atoms with E-state index in [0.29, 0.717) is 6.47 Å². The van der Waals surface area contributed by atoms with Crippen molar-refractivity contribution in [2.45, 2.75) is 6.92 Å². The van der Waals surface area contributed by atoms with Gasteiger partial charge in [-0.2, -0.15) is 0 Å². The molecule has 0 radical (unpaired) electrons. The van der Waals surface area contributed by atoms with Crippen molar-refractivity contribution in [3.8, 4) is 0 Å². The zero-order valence-corrected chi connectivity index (χ0v) is 7.47. The third-order valence-electron chi connectivity index (χ3n) is 0.522. The highest BCUT2D eigenvalue weighted by molar-refractivity contribution is 5.62. The molecule has 0 spiro atoms. The van der Waals surface area contributed by atoms with Gasteiger partial charge in [-0.05, 0) is 12.1 Å². The van der Waals surface area contributed by atoms with E-state index in [9.17, 15) is 0 Å². The lowest BCUT2D eigenvalue weighted by atomic mass is 10.7. The van der Waals surface area contributed by atoms with Crippen LogP contribution in [0.1, 0.15) is 6.92 Å². The summed E-state index contributed by atoms with van der Waals surface area (Å²) in [4.78, 5) is 18.0. The Hall–Kier alpha value is -1.78. The van der Waals surface area contributed by atoms with Crippen LogP contribution >= 0.6 is 0 Å². The molecule has 1 aromatic heterocycles. The van der Waals surface area contributed by atoms with Crippen LogP contribution < -0.4 is 0 Å². The lowest BCUT2D eigenvalue weighted by molar-refractivity contribution is -0.134. The maximum atomic E-state index is 9.00. The van der Waals surface area contributed by atoms with Crippen LogP contribution in [0.25, 0.3) is 0 Å². The number of furan rings is 1. The lowest BCUT2D eigenvalue weighted by Gasteiger charge is -1.67. The summed E-state index contributed by atoms with van der Waals surface area (Å²) in [7, 11) is 1.31. The van der Waals surface area contributed by atoms with Gasteiger partial charge < -0.3 is 14.3 Å². The Morgan fingerprint density at radius 1 is 1.46 bits per heavy atom. The Morgan fingerprint density at radius 3 is 1.85 bits per heavy atom. The maximum Gasteiger partial charge on any atom is 0.300 e. The molecule has 1 rings (SSSR count). The molecular formula is C8H12O5. The number of hydrogen-bond donors (Lipinski definition) is 1. The molecule has 0 fully saturated rings. The molecular weight excluding hydrogens is 176 g/mol. The number of methoxy groups -OCH3 is 1. The molecule has 74 valence electrons. The first kappa shape index (κ1) is 13.8. The van der Waals surface area contributed by atoms with Gasteiger partial charge in [0.25, 0.3) is 12.4 Å². The summed E-state index contributed by atoms with van der Waals surface area (Å²) in [5.41, 5.74) is 0. The quantitative estimate of drug-likeness (QED) is 0.669. The molecule has 0 amide bonds. The minimum absolute atomic E-state index is 0.375. The molecule has 13 heavy (non-hydrogen) atoms. The van der Waals surface area contributed by atoms with Crippen molar-refractivity contribution < 1.29 is 23.8 Å². The van der Waals surface area contributed by atoms with E-state index < -0.39 is 5.97 Å². The van der Waals surface area contributed by atoms with Crippen LogP contribution in [0, 0.1) is 0 Å². The van der Waals surface area contributed by atoms with Gasteiger partial charge in [-0.3, -0.25) is 9.59 Å². The highest BCUT2D eigenvalue weighted by Crippen LogP contribution is 1.79. The highest BCUT2D eigenvalue weighted by Gasteiger charge is 1.65. The normalized spacial score (nSPS) is 6.62. The van der Waals surface area contributed by atoms with E-state index in [-0.39, 0.29) is 0 Å². The number of carboxylic acids is 1. The molecule has 1 heterocycles. The van der Waals surface area contributed by atoms with E-state index in [0.717, 1.165) is 6.92 Å². The van der Waals surface area contributed by atoms with Crippen molar-refractivity contribution in [2.75, 3.05) is 7.11 Å². The van der Waals surface area contributed by atoms with Gasteiger partial charge >= 0.3 is 0 Å². The molecule has 0 aliphatic rings. The Morgan fingerprint density at radius 2 is 1.77 bits per heavy atom. The third-order valence-corrected chi connectivity index (χ3v) is 0.522. The largest absolute Gasteiger partial charge is 0.481 e. The van der Waals surface area contributed by atoms with E-state index in [1.807, 2.05) is 12.1 Å². The third kappa shape index (κ3) is 38.8. The average molecular weight is 188 g/mol. The van der Waals surface area contributed by atoms with Gasteiger partial charge in [0.1, 0.15) is 0 Å². The van der Waals surface area contributed by atoms with E-state index in [4.69, 9.17) is 14.7 Å². The molecule has 5 heteroatoms. The molecule has 0 aliphatic heterocycles. The first-order valence-electron chi connectivity index (χ1n) is 3.28. The Balaban J connectivity index is 0. The molecule has 0 aromatic carbocycles. The molecule has 0 saturated carbocycles. The molecule has 1 aromatic rings. The van der Waals surface area contributed by atoms with Crippen molar-refractivity contribution in [1.82, 2.24) is 0 Å². The van der Waals surface area contributed by atoms with Crippen LogP contribution in [0.2, 0.25) is 0 Å². The predicted molar refractivity (Wildman–Crippen MR) is 45.1 cm³/mol. The maximum absolute atomic E-state index is 9.00. The van der Waals surface area contributed by atoms with E-state index in [2.05, 4.69) is 9.15 Å². The van der Waals surface area contributed by atoms with Gasteiger partial charge in [0, 0.05) is 6.92 Å². The lowest BCUT2D eigenvalue weighted by Crippen LogP contribution is -1.78. The summed E-state index contributed by atoms with van der Waals surface area (Å²) >= 11 is 0. The SMILES string of the molecule is CC(=O)O.COC=O.c1ccoc1. The average Bonchev–Trinajstić information content (AvgIpc) is 2.59. The molecule has 0 aliphatic carbocycles. The first-order chi connectivity index (χ1) is 6.15. The summed E-state index contributed by atoms with van der Waals surface area (Å²) in [6.45, 7) is 1.46. The Labute approximate surface area is 75.9 Å². The van der Waals surface area contributed by atoms with Gasteiger partial charge in [-0.15, -0.1) is 0 Å². The molecule has 1 N–H and O–H groups in total. The van der Waals surface area contributed by atoms with Crippen molar-refractivity contribution in [3.05, 3.63) is 24.7 Å². The molecule has 0 atom stereocenters. The van der Waals surface area contributed by atoms with Gasteiger partial charge in [-0.25, -0.2) is 0 Å². The summed E-state index contributed by atoms with van der Waals surface area (Å²) in [5, 5.41) is 7.42. The molecule has 0 unspecified atom stereocenters. The van der Waals surface area contributed by atoms with Gasteiger partial charge in [0.2, 0.25) is 0 Å². The second-order valence-electron chi connectivity index (χ2n) is 1.64. The number of carboxylic acid groups (broad SMARTS) is 1. The summed E-state index contributed by atoms with van der Waals surface area (Å²) in [6.07, 6.45) is 3.25. The topological polar surface area (TPSA) is 76.7 Å². The van der Waals surface area contributed by atoms with Gasteiger partial charge in [0.05, 0.1) is 19.6 Å². The second-order valence-corrected chi connectivity index (χ2v) is 1.64. The van der Waals surface area contributed by atoms with Crippen molar-refractivity contribution in [3.63, 3.8) is 0 Å². The second kappa shape index (κ2) is 12.9. The van der Waals surface area contributed by atoms with E-state index in [1.54, 1.807) is 12.5 Å². The van der Waals surface area contributed by atoms with Crippen LogP contribution in [0.15, 0.2) is 29.1 Å². The summed E-state index contributed by atoms with van der Waals surface area (Å²) < 4.78 is 8.44. The Kier molecular flexibility index (Phi) is 13.6. The number of aliphatic carboxylic acids is 1. The van der Waals surface area contributed by atoms with Crippen molar-refractivity contribution >= 4 is 12.4 Å². The number of carbonyl (C=O) groups is 2. The van der Waals surface area contributed by atoms with Crippen LogP contribution in [0.3, 0.4) is 0 Å². The monoisotopic (exact) mass is 188 g/mol. The van der Waals surface area contributed by atoms with Crippen LogP contribution in [0.5, 0.6) is 0 Å². The summed E-state index contributed by atoms with van der Waals surface area (Å²) in [5.74, 6) is -0.833. The molecule has 5 nitrogen and oxygen atoms in total. The minimum Gasteiger partial charge on any atom is -0.481 e.